The summed E-state index contributed by atoms with van der Waals surface area (Å²) in [7, 11) is -3.14. The summed E-state index contributed by atoms with van der Waals surface area (Å²) >= 11 is 0. The lowest BCUT2D eigenvalue weighted by Gasteiger charge is -2.41. The zero-order valence-electron chi connectivity index (χ0n) is 8.04. The van der Waals surface area contributed by atoms with Crippen LogP contribution in [0.2, 0.25) is 0 Å². The Morgan fingerprint density at radius 1 is 1.27 bits per heavy atom. The Morgan fingerprint density at radius 3 is 2.27 bits per heavy atom. The number of hydrogen-bond acceptors (Lipinski definition) is 5. The van der Waals surface area contributed by atoms with Gasteiger partial charge in [0.15, 0.2) is 9.84 Å². The third-order valence-electron chi connectivity index (χ3n) is 3.02. The van der Waals surface area contributed by atoms with Crippen molar-refractivity contribution in [3.8, 4) is 0 Å². The first kappa shape index (κ1) is 10.8. The Bertz CT molecular complexity index is 372. The third kappa shape index (κ3) is 1.99. The van der Waals surface area contributed by atoms with Crippen molar-refractivity contribution in [2.45, 2.75) is 12.1 Å². The molecule has 0 radical (unpaired) electrons. The Hall–Kier alpha value is -0.660. The summed E-state index contributed by atoms with van der Waals surface area (Å²) in [4.78, 5) is 12.3. The molecule has 2 atom stereocenters. The molecule has 2 rings (SSSR count). The SMILES string of the molecule is O=C(O)C1CN(C2CS(=O)(=O)CC2O)C1. The van der Waals surface area contributed by atoms with Gasteiger partial charge in [0, 0.05) is 13.1 Å². The molecule has 0 aromatic carbocycles. The highest BCUT2D eigenvalue weighted by atomic mass is 32.2. The van der Waals surface area contributed by atoms with E-state index in [0.717, 1.165) is 0 Å². The molecule has 7 heteroatoms. The number of likely N-dealkylation sites (tertiary alicyclic amines) is 1. The monoisotopic (exact) mass is 235 g/mol. The van der Waals surface area contributed by atoms with Crippen LogP contribution in [-0.2, 0) is 14.6 Å². The fourth-order valence-electron chi connectivity index (χ4n) is 2.10. The van der Waals surface area contributed by atoms with Crippen LogP contribution in [0.15, 0.2) is 0 Å². The second-order valence-electron chi connectivity index (χ2n) is 4.20. The number of rotatable bonds is 2. The number of hydrogen-bond donors (Lipinski definition) is 2. The van der Waals surface area contributed by atoms with Crippen LogP contribution in [0.4, 0.5) is 0 Å². The van der Waals surface area contributed by atoms with Gasteiger partial charge in [0.1, 0.15) is 0 Å². The standard InChI is InChI=1S/C8H13NO5S/c10-7-4-15(13,14)3-6(7)9-1-5(2-9)8(11)12/h5-7,10H,1-4H2,(H,11,12). The average Bonchev–Trinajstić information content (AvgIpc) is 2.20. The van der Waals surface area contributed by atoms with Crippen LogP contribution in [0.25, 0.3) is 0 Å². The number of carbonyl (C=O) groups is 1. The van der Waals surface area contributed by atoms with Crippen LogP contribution in [0.5, 0.6) is 0 Å². The van der Waals surface area contributed by atoms with Crippen LogP contribution < -0.4 is 0 Å². The predicted molar refractivity (Wildman–Crippen MR) is 51.1 cm³/mol. The lowest BCUT2D eigenvalue weighted by molar-refractivity contribution is -0.149. The number of carboxylic acids is 1. The molecule has 2 N–H and O–H groups in total. The molecule has 0 spiro atoms. The van der Waals surface area contributed by atoms with Gasteiger partial charge in [0.2, 0.25) is 0 Å². The molecule has 0 amide bonds. The second-order valence-corrected chi connectivity index (χ2v) is 6.35. The molecular weight excluding hydrogens is 222 g/mol. The van der Waals surface area contributed by atoms with Crippen molar-refractivity contribution in [1.29, 1.82) is 0 Å². The van der Waals surface area contributed by atoms with Crippen molar-refractivity contribution in [1.82, 2.24) is 4.90 Å². The fourth-order valence-corrected chi connectivity index (χ4v) is 3.93. The third-order valence-corrected chi connectivity index (χ3v) is 4.72. The maximum Gasteiger partial charge on any atom is 0.309 e. The Labute approximate surface area is 87.4 Å². The first-order chi connectivity index (χ1) is 6.89. The van der Waals surface area contributed by atoms with Gasteiger partial charge in [0.25, 0.3) is 0 Å². The van der Waals surface area contributed by atoms with Crippen molar-refractivity contribution in [2.75, 3.05) is 24.6 Å². The van der Waals surface area contributed by atoms with Crippen molar-refractivity contribution in [3.05, 3.63) is 0 Å². The van der Waals surface area contributed by atoms with Gasteiger partial charge in [-0.05, 0) is 0 Å². The molecule has 0 aromatic rings. The van der Waals surface area contributed by atoms with E-state index in [0.29, 0.717) is 13.1 Å². The predicted octanol–water partition coefficient (Wildman–Crippen LogP) is -1.84. The van der Waals surface area contributed by atoms with Crippen molar-refractivity contribution in [2.24, 2.45) is 5.92 Å². The number of aliphatic hydroxyl groups excluding tert-OH is 1. The molecule has 0 aromatic heterocycles. The van der Waals surface area contributed by atoms with E-state index >= 15 is 0 Å². The van der Waals surface area contributed by atoms with Gasteiger partial charge >= 0.3 is 5.97 Å². The number of sulfone groups is 1. The fraction of sp³-hybridized carbons (Fsp3) is 0.875. The van der Waals surface area contributed by atoms with Gasteiger partial charge in [-0.2, -0.15) is 0 Å². The lowest BCUT2D eigenvalue weighted by atomic mass is 9.97. The van der Waals surface area contributed by atoms with Crippen LogP contribution in [0.1, 0.15) is 0 Å². The highest BCUT2D eigenvalue weighted by molar-refractivity contribution is 7.91. The quantitative estimate of drug-likeness (QED) is 0.584. The first-order valence-corrected chi connectivity index (χ1v) is 6.56. The van der Waals surface area contributed by atoms with Gasteiger partial charge in [-0.1, -0.05) is 0 Å². The maximum atomic E-state index is 11.2. The molecule has 2 saturated heterocycles. The molecule has 2 heterocycles. The highest BCUT2D eigenvalue weighted by Gasteiger charge is 2.45. The Kier molecular flexibility index (Phi) is 2.48. The normalized spacial score (nSPS) is 36.3. The molecule has 15 heavy (non-hydrogen) atoms. The van der Waals surface area contributed by atoms with Gasteiger partial charge in [-0.25, -0.2) is 8.42 Å². The minimum atomic E-state index is -3.14. The minimum Gasteiger partial charge on any atom is -0.481 e. The summed E-state index contributed by atoms with van der Waals surface area (Å²) in [5.41, 5.74) is 0. The van der Waals surface area contributed by atoms with E-state index in [1.54, 1.807) is 4.90 Å². The van der Waals surface area contributed by atoms with E-state index in [1.807, 2.05) is 0 Å². The molecule has 0 bridgehead atoms. The zero-order chi connectivity index (χ0) is 11.2. The molecule has 2 fully saturated rings. The highest BCUT2D eigenvalue weighted by Crippen LogP contribution is 2.26. The van der Waals surface area contributed by atoms with E-state index in [2.05, 4.69) is 0 Å². The topological polar surface area (TPSA) is 94.9 Å². The molecule has 0 saturated carbocycles. The van der Waals surface area contributed by atoms with Crippen LogP contribution in [0, 0.1) is 5.92 Å². The van der Waals surface area contributed by atoms with Crippen molar-refractivity contribution < 1.29 is 23.4 Å². The lowest BCUT2D eigenvalue weighted by Crippen LogP contribution is -2.58. The summed E-state index contributed by atoms with van der Waals surface area (Å²) < 4.78 is 22.4. The summed E-state index contributed by atoms with van der Waals surface area (Å²) in [6, 6.07) is -0.411. The average molecular weight is 235 g/mol. The van der Waals surface area contributed by atoms with E-state index in [-0.39, 0.29) is 11.5 Å². The molecule has 6 nitrogen and oxygen atoms in total. The second kappa shape index (κ2) is 3.43. The minimum absolute atomic E-state index is 0.0551. The van der Waals surface area contributed by atoms with Crippen LogP contribution >= 0.6 is 0 Å². The molecule has 86 valence electrons. The summed E-state index contributed by atoms with van der Waals surface area (Å²) in [6.07, 6.45) is -0.871. The molecule has 2 aliphatic heterocycles. The van der Waals surface area contributed by atoms with Gasteiger partial charge < -0.3 is 10.2 Å². The van der Waals surface area contributed by atoms with Gasteiger partial charge in [-0.3, -0.25) is 9.69 Å². The Balaban J connectivity index is 1.95. The number of aliphatic carboxylic acids is 1. The Morgan fingerprint density at radius 2 is 1.87 bits per heavy atom. The smallest absolute Gasteiger partial charge is 0.309 e. The molecule has 2 unspecified atom stereocenters. The number of nitrogens with zero attached hydrogens (tertiary/aromatic N) is 1. The van der Waals surface area contributed by atoms with Gasteiger partial charge in [-0.15, -0.1) is 0 Å². The molecule has 0 aliphatic carbocycles. The number of aliphatic hydroxyl groups is 1. The van der Waals surface area contributed by atoms with Gasteiger partial charge in [0.05, 0.1) is 29.6 Å². The summed E-state index contributed by atoms with van der Waals surface area (Å²) in [5, 5.41) is 18.2. The molecule has 2 aliphatic rings. The summed E-state index contributed by atoms with van der Waals surface area (Å²) in [6.45, 7) is 0.680. The van der Waals surface area contributed by atoms with Crippen molar-refractivity contribution in [3.63, 3.8) is 0 Å². The number of carboxylic acid groups (broad SMARTS) is 1. The van der Waals surface area contributed by atoms with E-state index in [1.165, 1.54) is 0 Å². The van der Waals surface area contributed by atoms with Crippen molar-refractivity contribution >= 4 is 15.8 Å². The summed E-state index contributed by atoms with van der Waals surface area (Å²) in [5.74, 6) is -1.53. The maximum absolute atomic E-state index is 11.2. The first-order valence-electron chi connectivity index (χ1n) is 4.74. The van der Waals surface area contributed by atoms with Crippen LogP contribution in [-0.4, -0.2) is 66.2 Å². The van der Waals surface area contributed by atoms with Crippen LogP contribution in [0.3, 0.4) is 0 Å². The zero-order valence-corrected chi connectivity index (χ0v) is 8.85. The largest absolute Gasteiger partial charge is 0.481 e. The van der Waals surface area contributed by atoms with E-state index in [4.69, 9.17) is 5.11 Å². The van der Waals surface area contributed by atoms with E-state index < -0.39 is 33.9 Å². The van der Waals surface area contributed by atoms with E-state index in [9.17, 15) is 18.3 Å². The molecular formula is C8H13NO5S.